The lowest BCUT2D eigenvalue weighted by Crippen LogP contribution is -1.98. The van der Waals surface area contributed by atoms with Crippen molar-refractivity contribution in [3.8, 4) is 16.9 Å². The Kier molecular flexibility index (Phi) is 4.63. The molecule has 24 heavy (non-hydrogen) atoms. The lowest BCUT2D eigenvalue weighted by atomic mass is 10.0. The molecule has 0 saturated carbocycles. The van der Waals surface area contributed by atoms with Gasteiger partial charge in [0.25, 0.3) is 0 Å². The van der Waals surface area contributed by atoms with Crippen molar-refractivity contribution >= 4 is 23.4 Å². The zero-order valence-electron chi connectivity index (χ0n) is 14.1. The first kappa shape index (κ1) is 16.6. The zero-order chi connectivity index (χ0) is 17.3. The summed E-state index contributed by atoms with van der Waals surface area (Å²) in [6.07, 6.45) is 3.83. The molecule has 2 heterocycles. The summed E-state index contributed by atoms with van der Waals surface area (Å²) in [6.45, 7) is 6.54. The van der Waals surface area contributed by atoms with Gasteiger partial charge >= 0.3 is 0 Å². The van der Waals surface area contributed by atoms with Gasteiger partial charge in [-0.15, -0.1) is 0 Å². The minimum absolute atomic E-state index is 0.553. The molecule has 3 rings (SSSR count). The molecule has 0 aliphatic carbocycles. The fourth-order valence-electron chi connectivity index (χ4n) is 2.92. The molecule has 0 radical (unpaired) electrons. The van der Waals surface area contributed by atoms with Gasteiger partial charge in [-0.2, -0.15) is 0 Å². The SMILES string of the molecule is CCOc1cc(C)c(Cl)cc1-c1cc2ccc(CC)cn2c1C=O. The van der Waals surface area contributed by atoms with Crippen molar-refractivity contribution in [2.45, 2.75) is 27.2 Å². The van der Waals surface area contributed by atoms with Crippen LogP contribution in [0.2, 0.25) is 5.02 Å². The molecule has 0 N–H and O–H groups in total. The molecule has 0 unspecified atom stereocenters. The maximum Gasteiger partial charge on any atom is 0.167 e. The van der Waals surface area contributed by atoms with Gasteiger partial charge in [0.15, 0.2) is 6.29 Å². The summed E-state index contributed by atoms with van der Waals surface area (Å²) >= 11 is 6.33. The highest BCUT2D eigenvalue weighted by Gasteiger charge is 2.17. The van der Waals surface area contributed by atoms with Crippen molar-refractivity contribution in [1.29, 1.82) is 0 Å². The molecule has 0 spiro atoms. The molecule has 4 heteroatoms. The number of hydrogen-bond acceptors (Lipinski definition) is 2. The predicted molar refractivity (Wildman–Crippen MR) is 98.5 cm³/mol. The van der Waals surface area contributed by atoms with Gasteiger partial charge in [0.1, 0.15) is 5.75 Å². The third-order valence-corrected chi connectivity index (χ3v) is 4.65. The molecule has 3 nitrogen and oxygen atoms in total. The second-order valence-electron chi connectivity index (χ2n) is 5.78. The van der Waals surface area contributed by atoms with Gasteiger partial charge in [0.2, 0.25) is 0 Å². The fraction of sp³-hybridized carbons (Fsp3) is 0.250. The van der Waals surface area contributed by atoms with E-state index in [1.165, 1.54) is 5.56 Å². The minimum Gasteiger partial charge on any atom is -0.493 e. The van der Waals surface area contributed by atoms with Crippen LogP contribution in [0.25, 0.3) is 16.6 Å². The highest BCUT2D eigenvalue weighted by molar-refractivity contribution is 6.31. The first-order chi connectivity index (χ1) is 11.6. The van der Waals surface area contributed by atoms with Crippen LogP contribution in [0.15, 0.2) is 36.5 Å². The number of pyridine rings is 1. The Labute approximate surface area is 146 Å². The average Bonchev–Trinajstić information content (AvgIpc) is 2.95. The van der Waals surface area contributed by atoms with Crippen LogP contribution in [-0.4, -0.2) is 17.3 Å². The molecule has 124 valence electrons. The number of nitrogens with zero attached hydrogens (tertiary/aromatic N) is 1. The quantitative estimate of drug-likeness (QED) is 0.586. The summed E-state index contributed by atoms with van der Waals surface area (Å²) in [5.74, 6) is 0.745. The Bertz CT molecular complexity index is 912. The molecule has 0 bridgehead atoms. The van der Waals surface area contributed by atoms with Crippen LogP contribution in [0, 0.1) is 6.92 Å². The summed E-state index contributed by atoms with van der Waals surface area (Å²) in [5.41, 5.74) is 5.40. The number of aromatic nitrogens is 1. The smallest absolute Gasteiger partial charge is 0.167 e. The number of carbonyl (C=O) groups is 1. The number of rotatable bonds is 5. The number of hydrogen-bond donors (Lipinski definition) is 0. The van der Waals surface area contributed by atoms with E-state index in [4.69, 9.17) is 16.3 Å². The van der Waals surface area contributed by atoms with E-state index < -0.39 is 0 Å². The normalized spacial score (nSPS) is 11.0. The van der Waals surface area contributed by atoms with E-state index in [2.05, 4.69) is 13.0 Å². The van der Waals surface area contributed by atoms with Crippen LogP contribution in [-0.2, 0) is 6.42 Å². The van der Waals surface area contributed by atoms with E-state index in [0.29, 0.717) is 17.3 Å². The summed E-state index contributed by atoms with van der Waals surface area (Å²) in [6, 6.07) is 9.93. The van der Waals surface area contributed by atoms with Crippen molar-refractivity contribution in [2.24, 2.45) is 0 Å². The molecule has 0 fully saturated rings. The summed E-state index contributed by atoms with van der Waals surface area (Å²) < 4.78 is 7.72. The predicted octanol–water partition coefficient (Wildman–Crippen LogP) is 5.34. The van der Waals surface area contributed by atoms with E-state index in [-0.39, 0.29) is 0 Å². The maximum absolute atomic E-state index is 11.8. The Balaban J connectivity index is 2.29. The fourth-order valence-corrected chi connectivity index (χ4v) is 3.08. The molecule has 2 aromatic heterocycles. The monoisotopic (exact) mass is 341 g/mol. The summed E-state index contributed by atoms with van der Waals surface area (Å²) in [4.78, 5) is 11.8. The highest BCUT2D eigenvalue weighted by Crippen LogP contribution is 2.37. The van der Waals surface area contributed by atoms with E-state index in [0.717, 1.165) is 40.7 Å². The van der Waals surface area contributed by atoms with Crippen LogP contribution in [0.1, 0.15) is 35.5 Å². The van der Waals surface area contributed by atoms with E-state index in [1.807, 2.05) is 48.7 Å². The third-order valence-electron chi connectivity index (χ3n) is 4.24. The van der Waals surface area contributed by atoms with Crippen LogP contribution in [0.5, 0.6) is 5.75 Å². The topological polar surface area (TPSA) is 30.7 Å². The average molecular weight is 342 g/mol. The van der Waals surface area contributed by atoms with Crippen LogP contribution < -0.4 is 4.74 Å². The molecule has 3 aromatic rings. The van der Waals surface area contributed by atoms with Crippen molar-refractivity contribution < 1.29 is 9.53 Å². The van der Waals surface area contributed by atoms with Gasteiger partial charge in [-0.1, -0.05) is 24.6 Å². The maximum atomic E-state index is 11.8. The van der Waals surface area contributed by atoms with Crippen molar-refractivity contribution in [1.82, 2.24) is 4.40 Å². The Morgan fingerprint density at radius 1 is 1.17 bits per heavy atom. The molecule has 0 amide bonds. The number of ether oxygens (including phenoxy) is 1. The lowest BCUT2D eigenvalue weighted by Gasteiger charge is -2.12. The third kappa shape index (κ3) is 2.80. The second-order valence-corrected chi connectivity index (χ2v) is 6.18. The Morgan fingerprint density at radius 3 is 2.62 bits per heavy atom. The Hall–Kier alpha value is -2.26. The summed E-state index contributed by atoms with van der Waals surface area (Å²) in [7, 11) is 0. The highest BCUT2D eigenvalue weighted by atomic mass is 35.5. The van der Waals surface area contributed by atoms with Crippen LogP contribution in [0.3, 0.4) is 0 Å². The number of benzene rings is 1. The molecule has 0 saturated heterocycles. The largest absolute Gasteiger partial charge is 0.493 e. The molecule has 1 aromatic carbocycles. The molecule has 0 atom stereocenters. The van der Waals surface area contributed by atoms with Gasteiger partial charge in [0, 0.05) is 27.9 Å². The first-order valence-corrected chi connectivity index (χ1v) is 8.49. The molecule has 0 aliphatic heterocycles. The van der Waals surface area contributed by atoms with Gasteiger partial charge in [0.05, 0.1) is 12.3 Å². The van der Waals surface area contributed by atoms with Gasteiger partial charge in [-0.3, -0.25) is 4.79 Å². The van der Waals surface area contributed by atoms with E-state index in [9.17, 15) is 4.79 Å². The number of fused-ring (bicyclic) bond motifs is 1. The molecule has 0 aliphatic rings. The van der Waals surface area contributed by atoms with Crippen LogP contribution in [0.4, 0.5) is 0 Å². The lowest BCUT2D eigenvalue weighted by molar-refractivity contribution is 0.111. The summed E-state index contributed by atoms with van der Waals surface area (Å²) in [5, 5.41) is 0.662. The number of carbonyl (C=O) groups excluding carboxylic acids is 1. The van der Waals surface area contributed by atoms with Crippen molar-refractivity contribution in [3.63, 3.8) is 0 Å². The number of halogens is 1. The van der Waals surface area contributed by atoms with Crippen LogP contribution >= 0.6 is 11.6 Å². The molecular weight excluding hydrogens is 322 g/mol. The zero-order valence-corrected chi connectivity index (χ0v) is 14.9. The molecular formula is C20H20ClNO2. The van der Waals surface area contributed by atoms with Gasteiger partial charge < -0.3 is 9.14 Å². The number of aryl methyl sites for hydroxylation is 2. The van der Waals surface area contributed by atoms with Gasteiger partial charge in [-0.05, 0) is 55.7 Å². The van der Waals surface area contributed by atoms with E-state index >= 15 is 0 Å². The van der Waals surface area contributed by atoms with Gasteiger partial charge in [-0.25, -0.2) is 0 Å². The van der Waals surface area contributed by atoms with E-state index in [1.54, 1.807) is 0 Å². The second kappa shape index (κ2) is 6.70. The Morgan fingerprint density at radius 2 is 1.96 bits per heavy atom. The minimum atomic E-state index is 0.553. The standard InChI is InChI=1S/C20H20ClNO2/c1-4-14-6-7-15-9-16(19(12-23)22(15)11-14)17-10-18(21)13(3)8-20(17)24-5-2/h6-12H,4-5H2,1-3H3. The van der Waals surface area contributed by atoms with Crippen molar-refractivity contribution in [2.75, 3.05) is 6.61 Å². The van der Waals surface area contributed by atoms with Crippen molar-refractivity contribution in [3.05, 3.63) is 58.4 Å². The number of aldehydes is 1. The first-order valence-electron chi connectivity index (χ1n) is 8.11.